The van der Waals surface area contributed by atoms with E-state index in [-0.39, 0.29) is 4.90 Å². The molecule has 0 fully saturated rings. The number of nitrogen functional groups attached to an aromatic ring is 1. The van der Waals surface area contributed by atoms with Gasteiger partial charge in [-0.05, 0) is 64.8 Å². The van der Waals surface area contributed by atoms with Crippen LogP contribution in [0.25, 0.3) is 0 Å². The maximum Gasteiger partial charge on any atom is 0.261 e. The highest BCUT2D eigenvalue weighted by Crippen LogP contribution is 2.26. The summed E-state index contributed by atoms with van der Waals surface area (Å²) in [6.45, 7) is 1.78. The van der Waals surface area contributed by atoms with Crippen molar-refractivity contribution >= 4 is 48.9 Å². The molecule has 0 aliphatic rings. The summed E-state index contributed by atoms with van der Waals surface area (Å²) in [5.74, 6) is 0. The summed E-state index contributed by atoms with van der Waals surface area (Å²) in [5.41, 5.74) is 7.29. The third-order valence-electron chi connectivity index (χ3n) is 2.71. The number of hydrogen-bond acceptors (Lipinski definition) is 3. The number of rotatable bonds is 3. The van der Waals surface area contributed by atoms with Crippen molar-refractivity contribution in [1.29, 1.82) is 0 Å². The van der Waals surface area contributed by atoms with Crippen LogP contribution in [0.2, 0.25) is 5.02 Å². The Kier molecular flexibility index (Phi) is 4.27. The first-order valence-electron chi connectivity index (χ1n) is 5.63. The molecule has 0 bridgehead atoms. The second kappa shape index (κ2) is 5.63. The molecule has 2 aromatic carbocycles. The third kappa shape index (κ3) is 3.26. The first-order chi connectivity index (χ1) is 9.29. The van der Waals surface area contributed by atoms with Crippen molar-refractivity contribution in [2.24, 2.45) is 0 Å². The third-order valence-corrected chi connectivity index (χ3v) is 5.03. The lowest BCUT2D eigenvalue weighted by molar-refractivity contribution is 0.601. The van der Waals surface area contributed by atoms with Gasteiger partial charge in [0.15, 0.2) is 0 Å². The van der Waals surface area contributed by atoms with E-state index in [4.69, 9.17) is 17.3 Å². The Morgan fingerprint density at radius 1 is 1.20 bits per heavy atom. The van der Waals surface area contributed by atoms with Gasteiger partial charge in [0.1, 0.15) is 0 Å². The van der Waals surface area contributed by atoms with Crippen molar-refractivity contribution in [2.75, 3.05) is 10.5 Å². The lowest BCUT2D eigenvalue weighted by Gasteiger charge is -2.11. The Balaban J connectivity index is 2.38. The summed E-state index contributed by atoms with van der Waals surface area (Å²) in [5, 5.41) is 0.554. The van der Waals surface area contributed by atoms with Crippen LogP contribution in [0, 0.1) is 6.92 Å². The van der Waals surface area contributed by atoms with E-state index < -0.39 is 10.0 Å². The van der Waals surface area contributed by atoms with Crippen LogP contribution < -0.4 is 10.5 Å². The molecule has 2 aromatic rings. The van der Waals surface area contributed by atoms with Gasteiger partial charge in [-0.25, -0.2) is 8.42 Å². The van der Waals surface area contributed by atoms with E-state index in [9.17, 15) is 8.42 Å². The number of anilines is 2. The van der Waals surface area contributed by atoms with Gasteiger partial charge in [-0.3, -0.25) is 4.72 Å². The highest BCUT2D eigenvalue weighted by molar-refractivity contribution is 9.10. The number of nitrogens with one attached hydrogen (secondary N) is 1. The minimum absolute atomic E-state index is 0.104. The normalized spacial score (nSPS) is 11.3. The molecular weight excluding hydrogens is 364 g/mol. The quantitative estimate of drug-likeness (QED) is 0.802. The minimum Gasteiger partial charge on any atom is -0.398 e. The van der Waals surface area contributed by atoms with E-state index in [0.717, 1.165) is 5.56 Å². The van der Waals surface area contributed by atoms with E-state index >= 15 is 0 Å². The molecule has 0 aliphatic carbocycles. The molecule has 0 saturated heterocycles. The number of hydrogen-bond donors (Lipinski definition) is 2. The Labute approximate surface area is 131 Å². The van der Waals surface area contributed by atoms with E-state index in [0.29, 0.717) is 20.9 Å². The van der Waals surface area contributed by atoms with Crippen LogP contribution in [0.1, 0.15) is 5.56 Å². The average molecular weight is 376 g/mol. The molecule has 7 heteroatoms. The smallest absolute Gasteiger partial charge is 0.261 e. The number of sulfonamides is 1. The number of aryl methyl sites for hydroxylation is 1. The van der Waals surface area contributed by atoms with Gasteiger partial charge < -0.3 is 5.73 Å². The Morgan fingerprint density at radius 3 is 2.50 bits per heavy atom. The fraction of sp³-hybridized carbons (Fsp3) is 0.0769. The fourth-order valence-corrected chi connectivity index (χ4v) is 3.27. The topological polar surface area (TPSA) is 72.2 Å². The zero-order valence-electron chi connectivity index (χ0n) is 10.5. The molecule has 4 nitrogen and oxygen atoms in total. The largest absolute Gasteiger partial charge is 0.398 e. The molecular formula is C13H12BrClN2O2S. The van der Waals surface area contributed by atoms with E-state index in [2.05, 4.69) is 20.7 Å². The molecule has 0 amide bonds. The maximum absolute atomic E-state index is 12.3. The minimum atomic E-state index is -3.68. The second-order valence-electron chi connectivity index (χ2n) is 4.25. The van der Waals surface area contributed by atoms with Gasteiger partial charge in [-0.2, -0.15) is 0 Å². The molecule has 3 N–H and O–H groups in total. The predicted octanol–water partition coefficient (Wildman–Crippen LogP) is 3.79. The van der Waals surface area contributed by atoms with E-state index in [1.807, 2.05) is 0 Å². The van der Waals surface area contributed by atoms with Gasteiger partial charge in [0.25, 0.3) is 10.0 Å². The first kappa shape index (κ1) is 15.2. The van der Waals surface area contributed by atoms with Crippen molar-refractivity contribution in [3.05, 3.63) is 51.5 Å². The van der Waals surface area contributed by atoms with Crippen LogP contribution >= 0.6 is 27.5 Å². The zero-order valence-corrected chi connectivity index (χ0v) is 13.7. The second-order valence-corrected chi connectivity index (χ2v) is 7.22. The number of halogens is 2. The molecule has 0 saturated carbocycles. The van der Waals surface area contributed by atoms with Crippen LogP contribution in [0.3, 0.4) is 0 Å². The molecule has 0 unspecified atom stereocenters. The predicted molar refractivity (Wildman–Crippen MR) is 85.6 cm³/mol. The fourth-order valence-electron chi connectivity index (χ4n) is 1.63. The summed E-state index contributed by atoms with van der Waals surface area (Å²) < 4.78 is 27.7. The zero-order chi connectivity index (χ0) is 14.9. The molecule has 0 spiro atoms. The Bertz CT molecular complexity index is 763. The molecule has 0 aromatic heterocycles. The van der Waals surface area contributed by atoms with Crippen LogP contribution in [0.15, 0.2) is 45.8 Å². The molecule has 2 rings (SSSR count). The van der Waals surface area contributed by atoms with Crippen LogP contribution in [-0.2, 0) is 10.0 Å². The van der Waals surface area contributed by atoms with Gasteiger partial charge >= 0.3 is 0 Å². The molecule has 0 heterocycles. The van der Waals surface area contributed by atoms with Gasteiger partial charge in [0.2, 0.25) is 0 Å². The standard InChI is InChI=1S/C13H12BrClN2O2S/c1-8-6-9(15)2-5-13(8)17-20(18,19)10-3-4-11(14)12(16)7-10/h2-7,17H,16H2,1H3. The number of benzene rings is 2. The van der Waals surface area contributed by atoms with Gasteiger partial charge in [0, 0.05) is 15.2 Å². The van der Waals surface area contributed by atoms with Crippen LogP contribution in [-0.4, -0.2) is 8.42 Å². The monoisotopic (exact) mass is 374 g/mol. The number of nitrogens with two attached hydrogens (primary N) is 1. The SMILES string of the molecule is Cc1cc(Cl)ccc1NS(=O)(=O)c1ccc(Br)c(N)c1. The summed E-state index contributed by atoms with van der Waals surface area (Å²) in [7, 11) is -3.68. The molecule has 0 radical (unpaired) electrons. The maximum atomic E-state index is 12.3. The molecule has 106 valence electrons. The molecule has 0 atom stereocenters. The Morgan fingerprint density at radius 2 is 1.90 bits per heavy atom. The lowest BCUT2D eigenvalue weighted by atomic mass is 10.2. The first-order valence-corrected chi connectivity index (χ1v) is 8.29. The highest BCUT2D eigenvalue weighted by Gasteiger charge is 2.16. The van der Waals surface area contributed by atoms with E-state index in [1.54, 1.807) is 31.2 Å². The summed E-state index contributed by atoms with van der Waals surface area (Å²) in [4.78, 5) is 0.104. The van der Waals surface area contributed by atoms with Gasteiger partial charge in [-0.15, -0.1) is 0 Å². The lowest BCUT2D eigenvalue weighted by Crippen LogP contribution is -2.14. The summed E-state index contributed by atoms with van der Waals surface area (Å²) >= 11 is 9.07. The van der Waals surface area contributed by atoms with Crippen molar-refractivity contribution in [1.82, 2.24) is 0 Å². The molecule has 0 aliphatic heterocycles. The Hall–Kier alpha value is -1.24. The highest BCUT2D eigenvalue weighted by atomic mass is 79.9. The van der Waals surface area contributed by atoms with Crippen molar-refractivity contribution in [3.63, 3.8) is 0 Å². The molecule has 20 heavy (non-hydrogen) atoms. The van der Waals surface area contributed by atoms with E-state index in [1.165, 1.54) is 12.1 Å². The van der Waals surface area contributed by atoms with Crippen LogP contribution in [0.4, 0.5) is 11.4 Å². The summed E-state index contributed by atoms with van der Waals surface area (Å²) in [6, 6.07) is 9.42. The van der Waals surface area contributed by atoms with Crippen molar-refractivity contribution < 1.29 is 8.42 Å². The van der Waals surface area contributed by atoms with Gasteiger partial charge in [0.05, 0.1) is 10.6 Å². The average Bonchev–Trinajstić information content (AvgIpc) is 2.36. The van der Waals surface area contributed by atoms with Crippen LogP contribution in [0.5, 0.6) is 0 Å². The van der Waals surface area contributed by atoms with Crippen molar-refractivity contribution in [3.8, 4) is 0 Å². The van der Waals surface area contributed by atoms with Gasteiger partial charge in [-0.1, -0.05) is 11.6 Å². The van der Waals surface area contributed by atoms with Crippen molar-refractivity contribution in [2.45, 2.75) is 11.8 Å². The summed E-state index contributed by atoms with van der Waals surface area (Å²) in [6.07, 6.45) is 0.